The number of nitrogens with one attached hydrogen (secondary N) is 1. The second kappa shape index (κ2) is 8.53. The fourth-order valence-corrected chi connectivity index (χ4v) is 2.86. The van der Waals surface area contributed by atoms with Gasteiger partial charge in [-0.2, -0.15) is 0 Å². The van der Waals surface area contributed by atoms with E-state index in [1.54, 1.807) is 12.1 Å². The van der Waals surface area contributed by atoms with Crippen LogP contribution in [0.15, 0.2) is 41.6 Å². The molecule has 0 aromatic heterocycles. The van der Waals surface area contributed by atoms with Crippen molar-refractivity contribution in [2.24, 2.45) is 5.16 Å². The van der Waals surface area contributed by atoms with Crippen molar-refractivity contribution in [3.63, 3.8) is 0 Å². The van der Waals surface area contributed by atoms with Crippen LogP contribution < -0.4 is 14.8 Å². The number of methoxy groups -OCH3 is 1. The number of benzene rings is 2. The van der Waals surface area contributed by atoms with Crippen molar-refractivity contribution in [3.05, 3.63) is 51.1 Å². The molecule has 1 amide bonds. The molecule has 0 bridgehead atoms. The molecule has 0 radical (unpaired) electrons. The molecule has 0 aliphatic rings. The van der Waals surface area contributed by atoms with E-state index in [1.165, 1.54) is 13.3 Å². The zero-order valence-corrected chi connectivity index (χ0v) is 15.4. The van der Waals surface area contributed by atoms with Gasteiger partial charge in [-0.3, -0.25) is 4.79 Å². The molecule has 2 aromatic rings. The SMILES string of the molecule is COc1cc(/C=N\O)cc(I)c1OCC(=O)Nc1cccc(C)c1. The maximum atomic E-state index is 12.0. The molecule has 24 heavy (non-hydrogen) atoms. The Hall–Kier alpha value is -2.29. The molecule has 7 heteroatoms. The van der Waals surface area contributed by atoms with E-state index in [0.717, 1.165) is 14.8 Å². The first-order chi connectivity index (χ1) is 11.5. The number of ether oxygens (including phenoxy) is 2. The Morgan fingerprint density at radius 1 is 1.38 bits per heavy atom. The molecule has 2 N–H and O–H groups in total. The summed E-state index contributed by atoms with van der Waals surface area (Å²) in [5.74, 6) is 0.659. The Morgan fingerprint density at radius 3 is 2.83 bits per heavy atom. The van der Waals surface area contributed by atoms with Crippen molar-refractivity contribution in [1.29, 1.82) is 0 Å². The van der Waals surface area contributed by atoms with Gasteiger partial charge in [-0.25, -0.2) is 0 Å². The van der Waals surface area contributed by atoms with Gasteiger partial charge in [0.1, 0.15) is 0 Å². The van der Waals surface area contributed by atoms with Crippen LogP contribution in [0.5, 0.6) is 11.5 Å². The van der Waals surface area contributed by atoms with Crippen molar-refractivity contribution in [2.45, 2.75) is 6.92 Å². The smallest absolute Gasteiger partial charge is 0.262 e. The van der Waals surface area contributed by atoms with Crippen LogP contribution in [0.25, 0.3) is 0 Å². The predicted molar refractivity (Wildman–Crippen MR) is 100 cm³/mol. The zero-order valence-electron chi connectivity index (χ0n) is 13.2. The monoisotopic (exact) mass is 440 g/mol. The van der Waals surface area contributed by atoms with Crippen LogP contribution in [0, 0.1) is 10.5 Å². The summed E-state index contributed by atoms with van der Waals surface area (Å²) in [6, 6.07) is 11.0. The predicted octanol–water partition coefficient (Wildman–Crippen LogP) is 3.43. The molecule has 6 nitrogen and oxygen atoms in total. The van der Waals surface area contributed by atoms with Gasteiger partial charge in [0.2, 0.25) is 0 Å². The van der Waals surface area contributed by atoms with Crippen LogP contribution in [0.4, 0.5) is 5.69 Å². The number of hydrogen-bond acceptors (Lipinski definition) is 5. The molecule has 0 saturated heterocycles. The number of rotatable bonds is 6. The second-order valence-electron chi connectivity index (χ2n) is 4.99. The fourth-order valence-electron chi connectivity index (χ4n) is 2.08. The Kier molecular flexibility index (Phi) is 6.42. The maximum absolute atomic E-state index is 12.0. The maximum Gasteiger partial charge on any atom is 0.262 e. The highest BCUT2D eigenvalue weighted by atomic mass is 127. The molecular formula is C17H17IN2O4. The minimum atomic E-state index is -0.264. The Labute approximate surface area is 153 Å². The number of aryl methyl sites for hydroxylation is 1. The van der Waals surface area contributed by atoms with Crippen LogP contribution in [-0.4, -0.2) is 31.0 Å². The van der Waals surface area contributed by atoms with Crippen molar-refractivity contribution in [2.75, 3.05) is 19.0 Å². The number of oxime groups is 1. The summed E-state index contributed by atoms with van der Waals surface area (Å²) in [6.07, 6.45) is 1.29. The molecule has 0 spiro atoms. The van der Waals surface area contributed by atoms with Gasteiger partial charge in [-0.05, 0) is 59.3 Å². The summed E-state index contributed by atoms with van der Waals surface area (Å²) >= 11 is 2.07. The van der Waals surface area contributed by atoms with Gasteiger partial charge in [-0.15, -0.1) is 0 Å². The summed E-state index contributed by atoms with van der Waals surface area (Å²) in [7, 11) is 1.50. The number of halogens is 1. The quantitative estimate of drug-likeness (QED) is 0.312. The molecule has 0 aliphatic heterocycles. The molecule has 126 valence electrons. The van der Waals surface area contributed by atoms with Crippen molar-refractivity contribution in [3.8, 4) is 11.5 Å². The first-order valence-corrected chi connectivity index (χ1v) is 8.15. The number of nitrogens with zero attached hydrogens (tertiary/aromatic N) is 1. The number of anilines is 1. The van der Waals surface area contributed by atoms with Crippen molar-refractivity contribution >= 4 is 40.4 Å². The van der Waals surface area contributed by atoms with E-state index in [9.17, 15) is 4.79 Å². The second-order valence-corrected chi connectivity index (χ2v) is 6.15. The number of hydrogen-bond donors (Lipinski definition) is 2. The molecular weight excluding hydrogens is 423 g/mol. The fraction of sp³-hybridized carbons (Fsp3) is 0.176. The van der Waals surface area contributed by atoms with E-state index < -0.39 is 0 Å². The summed E-state index contributed by atoms with van der Waals surface area (Å²) in [4.78, 5) is 12.0. The van der Waals surface area contributed by atoms with E-state index in [0.29, 0.717) is 17.1 Å². The van der Waals surface area contributed by atoms with Crippen molar-refractivity contribution in [1.82, 2.24) is 0 Å². The van der Waals surface area contributed by atoms with E-state index in [4.69, 9.17) is 14.7 Å². The van der Waals surface area contributed by atoms with Crippen LogP contribution in [0.2, 0.25) is 0 Å². The number of amides is 1. The average Bonchev–Trinajstić information content (AvgIpc) is 2.53. The highest BCUT2D eigenvalue weighted by Gasteiger charge is 2.13. The van der Waals surface area contributed by atoms with E-state index >= 15 is 0 Å². The summed E-state index contributed by atoms with van der Waals surface area (Å²) in [6.45, 7) is 1.81. The number of carbonyl (C=O) groups is 1. The molecule has 2 aromatic carbocycles. The van der Waals surface area contributed by atoms with E-state index in [2.05, 4.69) is 33.1 Å². The molecule has 0 unspecified atom stereocenters. The highest BCUT2D eigenvalue weighted by molar-refractivity contribution is 14.1. The first kappa shape index (κ1) is 18.1. The average molecular weight is 440 g/mol. The third-order valence-electron chi connectivity index (χ3n) is 3.11. The summed E-state index contributed by atoms with van der Waals surface area (Å²) < 4.78 is 11.6. The summed E-state index contributed by atoms with van der Waals surface area (Å²) in [5, 5.41) is 14.4. The molecule has 0 fully saturated rings. The van der Waals surface area contributed by atoms with Crippen LogP contribution in [-0.2, 0) is 4.79 Å². The topological polar surface area (TPSA) is 80.2 Å². The molecule has 0 saturated carbocycles. The largest absolute Gasteiger partial charge is 0.493 e. The molecule has 2 rings (SSSR count). The highest BCUT2D eigenvalue weighted by Crippen LogP contribution is 2.33. The zero-order chi connectivity index (χ0) is 17.5. The normalized spacial score (nSPS) is 10.6. The van der Waals surface area contributed by atoms with Crippen LogP contribution >= 0.6 is 22.6 Å². The molecule has 0 aliphatic carbocycles. The van der Waals surface area contributed by atoms with Gasteiger partial charge in [0.05, 0.1) is 16.9 Å². The van der Waals surface area contributed by atoms with Gasteiger partial charge in [0.25, 0.3) is 5.91 Å². The van der Waals surface area contributed by atoms with E-state index in [-0.39, 0.29) is 12.5 Å². The molecule has 0 atom stereocenters. The third kappa shape index (κ3) is 4.85. The molecule has 0 heterocycles. The van der Waals surface area contributed by atoms with Gasteiger partial charge < -0.3 is 20.0 Å². The minimum Gasteiger partial charge on any atom is -0.493 e. The van der Waals surface area contributed by atoms with Crippen molar-refractivity contribution < 1.29 is 19.5 Å². The standard InChI is InChI=1S/C17H17IN2O4/c1-11-4-3-5-13(6-11)20-16(21)10-24-17-14(18)7-12(9-19-22)8-15(17)23-2/h3-9,22H,10H2,1-2H3,(H,20,21)/b19-9-. The van der Waals surface area contributed by atoms with E-state index in [1.807, 2.05) is 31.2 Å². The first-order valence-electron chi connectivity index (χ1n) is 7.07. The van der Waals surface area contributed by atoms with Crippen LogP contribution in [0.3, 0.4) is 0 Å². The lowest BCUT2D eigenvalue weighted by Gasteiger charge is -2.13. The Balaban J connectivity index is 2.07. The third-order valence-corrected chi connectivity index (χ3v) is 3.91. The lowest BCUT2D eigenvalue weighted by Crippen LogP contribution is -2.20. The van der Waals surface area contributed by atoms with Gasteiger partial charge in [0, 0.05) is 11.3 Å². The minimum absolute atomic E-state index is 0.145. The van der Waals surface area contributed by atoms with Gasteiger partial charge in [0.15, 0.2) is 18.1 Å². The Morgan fingerprint density at radius 2 is 2.17 bits per heavy atom. The lowest BCUT2D eigenvalue weighted by atomic mass is 10.2. The van der Waals surface area contributed by atoms with Gasteiger partial charge >= 0.3 is 0 Å². The van der Waals surface area contributed by atoms with Gasteiger partial charge in [-0.1, -0.05) is 17.3 Å². The van der Waals surface area contributed by atoms with Crippen LogP contribution in [0.1, 0.15) is 11.1 Å². The Bertz CT molecular complexity index is 762. The summed E-state index contributed by atoms with van der Waals surface area (Å²) in [5.41, 5.74) is 2.45. The number of carbonyl (C=O) groups excluding carboxylic acids is 1. The lowest BCUT2D eigenvalue weighted by molar-refractivity contribution is -0.118.